The Kier molecular flexibility index (Phi) is 7.21. The minimum atomic E-state index is -4.48. The van der Waals surface area contributed by atoms with Crippen molar-refractivity contribution in [3.63, 3.8) is 0 Å². The second-order valence-corrected chi connectivity index (χ2v) is 5.47. The van der Waals surface area contributed by atoms with Crippen molar-refractivity contribution >= 4 is 21.1 Å². The standard InChI is InChI=1S/C11H18N2O5S/c1-5-7-9(8(3)4)18-19(15,16)10(13-12)11(14)17-6-2/h5,8-9H,1,6-7H2,2-4H3. The topological polar surface area (TPSA) is 106 Å². The van der Waals surface area contributed by atoms with Gasteiger partial charge in [-0.15, -0.1) is 11.4 Å². The van der Waals surface area contributed by atoms with Gasteiger partial charge in [0.05, 0.1) is 12.7 Å². The van der Waals surface area contributed by atoms with Crippen LogP contribution in [0.1, 0.15) is 27.2 Å². The predicted molar refractivity (Wildman–Crippen MR) is 68.7 cm³/mol. The summed E-state index contributed by atoms with van der Waals surface area (Å²) in [6, 6.07) is 0. The lowest BCUT2D eigenvalue weighted by molar-refractivity contribution is -0.139. The lowest BCUT2D eigenvalue weighted by Crippen LogP contribution is -2.33. The van der Waals surface area contributed by atoms with Crippen LogP contribution in [0, 0.1) is 5.92 Å². The fourth-order valence-electron chi connectivity index (χ4n) is 1.18. The molecule has 0 aromatic rings. The zero-order chi connectivity index (χ0) is 15.1. The van der Waals surface area contributed by atoms with Gasteiger partial charge in [0.1, 0.15) is 0 Å². The van der Waals surface area contributed by atoms with Crippen molar-refractivity contribution in [3.05, 3.63) is 18.2 Å². The Balaban J connectivity index is 5.19. The minimum Gasteiger partial charge on any atom is -0.456 e. The van der Waals surface area contributed by atoms with Crippen molar-refractivity contribution in [1.29, 1.82) is 0 Å². The number of carbonyl (C=O) groups excluding carboxylic acids is 1. The smallest absolute Gasteiger partial charge is 0.456 e. The first-order valence-corrected chi connectivity index (χ1v) is 7.14. The molecule has 0 N–H and O–H groups in total. The van der Waals surface area contributed by atoms with E-state index in [2.05, 4.69) is 16.1 Å². The molecule has 0 aliphatic carbocycles. The molecule has 0 aliphatic heterocycles. The Hall–Kier alpha value is -1.50. The molecule has 8 heteroatoms. The van der Waals surface area contributed by atoms with Crippen molar-refractivity contribution < 1.29 is 26.9 Å². The molecule has 0 heterocycles. The second kappa shape index (κ2) is 7.83. The largest absolute Gasteiger partial charge is 0.514 e. The Morgan fingerprint density at radius 3 is 2.42 bits per heavy atom. The van der Waals surface area contributed by atoms with E-state index in [1.807, 2.05) is 0 Å². The maximum absolute atomic E-state index is 11.8. The number of hydrogen-bond donors (Lipinski definition) is 0. The molecule has 1 unspecified atom stereocenters. The third kappa shape index (κ3) is 5.34. The third-order valence-electron chi connectivity index (χ3n) is 2.17. The highest BCUT2D eigenvalue weighted by atomic mass is 32.2. The summed E-state index contributed by atoms with van der Waals surface area (Å²) in [5.74, 6) is -1.39. The highest BCUT2D eigenvalue weighted by Gasteiger charge is 2.41. The van der Waals surface area contributed by atoms with E-state index in [0.717, 1.165) is 0 Å². The SMILES string of the molecule is C=CCC(OS(=O)(=O)C(=[N+]=[N-])C(=O)OCC)C(C)C. The molecule has 0 amide bonds. The average molecular weight is 290 g/mol. The molecule has 108 valence electrons. The van der Waals surface area contributed by atoms with Gasteiger partial charge in [0.2, 0.25) is 0 Å². The molecular weight excluding hydrogens is 272 g/mol. The van der Waals surface area contributed by atoms with Gasteiger partial charge >= 0.3 is 21.1 Å². The number of hydrogen-bond acceptors (Lipinski definition) is 5. The van der Waals surface area contributed by atoms with Gasteiger partial charge in [0, 0.05) is 0 Å². The quantitative estimate of drug-likeness (QED) is 0.139. The van der Waals surface area contributed by atoms with Crippen LogP contribution in [0.3, 0.4) is 0 Å². The van der Waals surface area contributed by atoms with Gasteiger partial charge in [-0.1, -0.05) is 19.9 Å². The number of rotatable bonds is 6. The highest BCUT2D eigenvalue weighted by Crippen LogP contribution is 2.15. The summed E-state index contributed by atoms with van der Waals surface area (Å²) in [5.41, 5.74) is 8.65. The Morgan fingerprint density at radius 1 is 1.47 bits per heavy atom. The lowest BCUT2D eigenvalue weighted by Gasteiger charge is -2.17. The van der Waals surface area contributed by atoms with Gasteiger partial charge < -0.3 is 10.3 Å². The van der Waals surface area contributed by atoms with E-state index in [1.165, 1.54) is 13.0 Å². The van der Waals surface area contributed by atoms with Crippen LogP contribution in [0.4, 0.5) is 0 Å². The molecule has 0 aliphatic rings. The van der Waals surface area contributed by atoms with Crippen LogP contribution in [-0.4, -0.2) is 36.9 Å². The zero-order valence-electron chi connectivity index (χ0n) is 11.2. The molecule has 0 bridgehead atoms. The van der Waals surface area contributed by atoms with Gasteiger partial charge in [0.15, 0.2) is 0 Å². The summed E-state index contributed by atoms with van der Waals surface area (Å²) in [6.07, 6.45) is 1.08. The van der Waals surface area contributed by atoms with Crippen LogP contribution in [-0.2, 0) is 23.8 Å². The summed E-state index contributed by atoms with van der Waals surface area (Å²) >= 11 is 0. The summed E-state index contributed by atoms with van der Waals surface area (Å²) in [4.78, 5) is 13.8. The molecule has 0 rings (SSSR count). The molecule has 7 nitrogen and oxygen atoms in total. The zero-order valence-corrected chi connectivity index (χ0v) is 12.0. The van der Waals surface area contributed by atoms with Crippen LogP contribution in [0.2, 0.25) is 0 Å². The van der Waals surface area contributed by atoms with Crippen molar-refractivity contribution in [2.75, 3.05) is 6.61 Å². The van der Waals surface area contributed by atoms with Gasteiger partial charge in [0.25, 0.3) is 0 Å². The number of esters is 1. The van der Waals surface area contributed by atoms with Crippen molar-refractivity contribution in [1.82, 2.24) is 0 Å². The number of carbonyl (C=O) groups is 1. The summed E-state index contributed by atoms with van der Waals surface area (Å²) in [5, 5.41) is -1.16. The Morgan fingerprint density at radius 2 is 2.05 bits per heavy atom. The fourth-order valence-corrected chi connectivity index (χ4v) is 2.26. The van der Waals surface area contributed by atoms with E-state index in [4.69, 9.17) is 9.71 Å². The average Bonchev–Trinajstić information content (AvgIpc) is 2.28. The number of ether oxygens (including phenoxy) is 1. The highest BCUT2D eigenvalue weighted by molar-refractivity contribution is 8.04. The molecule has 0 aromatic heterocycles. The Bertz CT molecular complexity index is 477. The van der Waals surface area contributed by atoms with Crippen molar-refractivity contribution in [3.8, 4) is 0 Å². The van der Waals surface area contributed by atoms with E-state index < -0.39 is 27.2 Å². The van der Waals surface area contributed by atoms with Crippen molar-refractivity contribution in [2.45, 2.75) is 33.3 Å². The van der Waals surface area contributed by atoms with Gasteiger partial charge in [-0.05, 0) is 19.3 Å². The first-order chi connectivity index (χ1) is 8.80. The molecular formula is C11H18N2O5S. The maximum Gasteiger partial charge on any atom is 0.514 e. The molecule has 0 fully saturated rings. The Labute approximate surface area is 113 Å². The summed E-state index contributed by atoms with van der Waals surface area (Å²) in [7, 11) is -4.48. The van der Waals surface area contributed by atoms with Crippen LogP contribution in [0.25, 0.3) is 5.53 Å². The van der Waals surface area contributed by atoms with Crippen LogP contribution in [0.15, 0.2) is 12.7 Å². The maximum atomic E-state index is 11.8. The molecule has 19 heavy (non-hydrogen) atoms. The van der Waals surface area contributed by atoms with Gasteiger partial charge in [-0.2, -0.15) is 8.42 Å². The minimum absolute atomic E-state index is 0.0480. The van der Waals surface area contributed by atoms with Crippen LogP contribution in [0.5, 0.6) is 0 Å². The fraction of sp³-hybridized carbons (Fsp3) is 0.636. The molecule has 0 saturated heterocycles. The molecule has 0 spiro atoms. The van der Waals surface area contributed by atoms with Gasteiger partial charge in [-0.3, -0.25) is 4.18 Å². The predicted octanol–water partition coefficient (Wildman–Crippen LogP) is 1.12. The summed E-state index contributed by atoms with van der Waals surface area (Å²) in [6.45, 7) is 8.45. The van der Waals surface area contributed by atoms with Gasteiger partial charge in [-0.25, -0.2) is 4.79 Å². The second-order valence-electron chi connectivity index (χ2n) is 3.98. The molecule has 0 radical (unpaired) electrons. The van der Waals surface area contributed by atoms with E-state index in [0.29, 0.717) is 0 Å². The van der Waals surface area contributed by atoms with E-state index in [9.17, 15) is 13.2 Å². The normalized spacial score (nSPS) is 12.6. The molecule has 0 saturated carbocycles. The first-order valence-electron chi connectivity index (χ1n) is 5.73. The number of nitrogens with zero attached hydrogens (tertiary/aromatic N) is 2. The molecule has 0 aromatic carbocycles. The summed E-state index contributed by atoms with van der Waals surface area (Å²) < 4.78 is 33.0. The monoisotopic (exact) mass is 290 g/mol. The lowest BCUT2D eigenvalue weighted by atomic mass is 10.1. The van der Waals surface area contributed by atoms with E-state index in [1.54, 1.807) is 13.8 Å². The van der Waals surface area contributed by atoms with Crippen LogP contribution < -0.4 is 0 Å². The third-order valence-corrected chi connectivity index (χ3v) is 3.39. The first kappa shape index (κ1) is 17.5. The van der Waals surface area contributed by atoms with E-state index in [-0.39, 0.29) is 18.9 Å². The van der Waals surface area contributed by atoms with E-state index >= 15 is 0 Å². The van der Waals surface area contributed by atoms with Crippen molar-refractivity contribution in [2.24, 2.45) is 5.92 Å². The molecule has 1 atom stereocenters. The van der Waals surface area contributed by atoms with Crippen LogP contribution >= 0.6 is 0 Å².